The normalized spacial score (nSPS) is 11.2. The summed E-state index contributed by atoms with van der Waals surface area (Å²) in [5.74, 6) is -0.637. The molecule has 1 aromatic heterocycles. The highest BCUT2D eigenvalue weighted by Gasteiger charge is 2.21. The van der Waals surface area contributed by atoms with Crippen molar-refractivity contribution in [2.75, 3.05) is 44.6 Å². The fourth-order valence-corrected chi connectivity index (χ4v) is 3.99. The maximum Gasteiger partial charge on any atom is 0.281 e. The summed E-state index contributed by atoms with van der Waals surface area (Å²) in [6.07, 6.45) is 3.91. The van der Waals surface area contributed by atoms with E-state index in [0.717, 1.165) is 57.9 Å². The molecule has 3 aromatic rings. The molecule has 0 spiro atoms. The number of nitro benzene ring substituents is 1. The van der Waals surface area contributed by atoms with E-state index in [2.05, 4.69) is 25.9 Å². The predicted octanol–water partition coefficient (Wildman–Crippen LogP) is 3.40. The molecule has 10 nitrogen and oxygen atoms in total. The lowest BCUT2D eigenvalue weighted by atomic mass is 10.1. The van der Waals surface area contributed by atoms with Crippen LogP contribution in [0.15, 0.2) is 35.1 Å². The van der Waals surface area contributed by atoms with Gasteiger partial charge in [-0.15, -0.1) is 0 Å². The Bertz CT molecular complexity index is 1240. The number of unbranched alkanes of at least 4 members (excludes halogenated alkanes) is 1. The number of halogens is 2. The molecule has 0 fully saturated rings. The van der Waals surface area contributed by atoms with Crippen molar-refractivity contribution < 1.29 is 9.31 Å². The molecule has 0 aliphatic rings. The first kappa shape index (κ1) is 27.5. The molecule has 194 valence electrons. The molecule has 0 unspecified atom stereocenters. The number of nitrogens with one attached hydrogen (secondary N) is 4. The first-order valence-electron chi connectivity index (χ1n) is 11.9. The highest BCUT2D eigenvalue weighted by Crippen LogP contribution is 2.34. The standard InChI is InChI=1S/C24H31ClFN7O3/c25-17-6-3-7-21(33(35)36)22(17)23-31-19-15-20(18(26)14-16(19)24(34)32-23)30-13-5-12-29-10-2-1-9-28-11-4-8-27/h3,6-7,14-15,28-30H,1-2,4-5,8-13,27H2,(H,31,32,34). The highest BCUT2D eigenvalue weighted by atomic mass is 35.5. The average molecular weight is 520 g/mol. The zero-order valence-electron chi connectivity index (χ0n) is 19.9. The number of anilines is 1. The summed E-state index contributed by atoms with van der Waals surface area (Å²) in [6, 6.07) is 6.72. The Labute approximate surface area is 213 Å². The van der Waals surface area contributed by atoms with E-state index < -0.39 is 16.3 Å². The summed E-state index contributed by atoms with van der Waals surface area (Å²) in [6.45, 7) is 4.84. The van der Waals surface area contributed by atoms with Crippen molar-refractivity contribution in [3.8, 4) is 11.4 Å². The lowest BCUT2D eigenvalue weighted by Gasteiger charge is -2.11. The fraction of sp³-hybridized carbons (Fsp3) is 0.417. The quantitative estimate of drug-likeness (QED) is 0.116. The van der Waals surface area contributed by atoms with E-state index >= 15 is 0 Å². The molecule has 0 bridgehead atoms. The Morgan fingerprint density at radius 2 is 1.75 bits per heavy atom. The van der Waals surface area contributed by atoms with E-state index in [4.69, 9.17) is 17.3 Å². The van der Waals surface area contributed by atoms with Gasteiger partial charge in [-0.1, -0.05) is 17.7 Å². The molecule has 2 aromatic carbocycles. The van der Waals surface area contributed by atoms with Gasteiger partial charge in [0.25, 0.3) is 11.2 Å². The average Bonchev–Trinajstić information content (AvgIpc) is 2.85. The molecule has 1 heterocycles. The molecule has 6 N–H and O–H groups in total. The first-order chi connectivity index (χ1) is 17.4. The number of hydrogen-bond acceptors (Lipinski definition) is 8. The predicted molar refractivity (Wildman–Crippen MR) is 141 cm³/mol. The molecule has 12 heteroatoms. The molecule has 0 amide bonds. The number of aromatic nitrogens is 2. The fourth-order valence-electron chi connectivity index (χ4n) is 3.73. The molecular formula is C24H31ClFN7O3. The van der Waals surface area contributed by atoms with Gasteiger partial charge in [0.1, 0.15) is 17.2 Å². The van der Waals surface area contributed by atoms with Gasteiger partial charge >= 0.3 is 0 Å². The van der Waals surface area contributed by atoms with Crippen LogP contribution in [0.3, 0.4) is 0 Å². The number of hydrogen-bond donors (Lipinski definition) is 5. The van der Waals surface area contributed by atoms with Crippen molar-refractivity contribution in [2.24, 2.45) is 5.73 Å². The summed E-state index contributed by atoms with van der Waals surface area (Å²) in [5.41, 5.74) is 4.94. The van der Waals surface area contributed by atoms with Crippen molar-refractivity contribution in [3.63, 3.8) is 0 Å². The second-order valence-corrected chi connectivity index (χ2v) is 8.69. The van der Waals surface area contributed by atoms with E-state index in [1.54, 1.807) is 0 Å². The summed E-state index contributed by atoms with van der Waals surface area (Å²) < 4.78 is 14.6. The topological polar surface area (TPSA) is 151 Å². The van der Waals surface area contributed by atoms with E-state index in [1.807, 2.05) is 0 Å². The summed E-state index contributed by atoms with van der Waals surface area (Å²) in [4.78, 5) is 30.3. The van der Waals surface area contributed by atoms with Crippen LogP contribution in [0.4, 0.5) is 15.8 Å². The molecule has 3 rings (SSSR count). The maximum absolute atomic E-state index is 14.6. The van der Waals surface area contributed by atoms with E-state index in [0.29, 0.717) is 13.1 Å². The minimum atomic E-state index is -0.617. The molecule has 0 atom stereocenters. The second kappa shape index (κ2) is 13.8. The van der Waals surface area contributed by atoms with Crippen LogP contribution in [-0.4, -0.2) is 54.2 Å². The van der Waals surface area contributed by atoms with Crippen LogP contribution in [0.25, 0.3) is 22.3 Å². The summed E-state index contributed by atoms with van der Waals surface area (Å²) in [7, 11) is 0. The lowest BCUT2D eigenvalue weighted by Crippen LogP contribution is -2.22. The number of rotatable bonds is 15. The van der Waals surface area contributed by atoms with Crippen LogP contribution in [0, 0.1) is 15.9 Å². The Balaban J connectivity index is 1.59. The molecule has 0 radical (unpaired) electrons. The second-order valence-electron chi connectivity index (χ2n) is 8.28. The van der Waals surface area contributed by atoms with Crippen molar-refractivity contribution >= 4 is 33.9 Å². The van der Waals surface area contributed by atoms with Crippen LogP contribution < -0.4 is 27.2 Å². The number of nitro groups is 1. The van der Waals surface area contributed by atoms with Crippen molar-refractivity contribution in [2.45, 2.75) is 25.7 Å². The van der Waals surface area contributed by atoms with Gasteiger partial charge < -0.3 is 26.7 Å². The Hall–Kier alpha value is -3.12. The van der Waals surface area contributed by atoms with Gasteiger partial charge in [-0.2, -0.15) is 0 Å². The number of H-pyrrole nitrogens is 1. The minimum Gasteiger partial charge on any atom is -0.383 e. The van der Waals surface area contributed by atoms with Gasteiger partial charge in [-0.25, -0.2) is 9.37 Å². The van der Waals surface area contributed by atoms with Gasteiger partial charge in [0.05, 0.1) is 26.5 Å². The van der Waals surface area contributed by atoms with Crippen molar-refractivity contribution in [3.05, 3.63) is 61.6 Å². The zero-order chi connectivity index (χ0) is 25.9. The van der Waals surface area contributed by atoms with Crippen LogP contribution in [0.5, 0.6) is 0 Å². The third kappa shape index (κ3) is 7.44. The number of benzene rings is 2. The molecule has 0 saturated carbocycles. The number of fused-ring (bicyclic) bond motifs is 1. The molecule has 0 saturated heterocycles. The Kier molecular flexibility index (Phi) is 10.6. The van der Waals surface area contributed by atoms with Crippen LogP contribution >= 0.6 is 11.6 Å². The molecule has 0 aliphatic carbocycles. The van der Waals surface area contributed by atoms with Crippen molar-refractivity contribution in [1.82, 2.24) is 20.6 Å². The maximum atomic E-state index is 14.6. The summed E-state index contributed by atoms with van der Waals surface area (Å²) >= 11 is 6.18. The van der Waals surface area contributed by atoms with Gasteiger partial charge in [-0.3, -0.25) is 14.9 Å². The SMILES string of the molecule is NCCCNCCCCNCCCNc1cc2nc(-c3c(Cl)cccc3[N+](=O)[O-])[nH]c(=O)c2cc1F. The largest absolute Gasteiger partial charge is 0.383 e. The van der Waals surface area contributed by atoms with Crippen LogP contribution in [-0.2, 0) is 0 Å². The Morgan fingerprint density at radius 3 is 2.44 bits per heavy atom. The van der Waals surface area contributed by atoms with Crippen LogP contribution in [0.2, 0.25) is 5.02 Å². The van der Waals surface area contributed by atoms with Gasteiger partial charge in [0.2, 0.25) is 0 Å². The Morgan fingerprint density at radius 1 is 1.06 bits per heavy atom. The number of aromatic amines is 1. The van der Waals surface area contributed by atoms with Gasteiger partial charge in [0.15, 0.2) is 0 Å². The van der Waals surface area contributed by atoms with Gasteiger partial charge in [0, 0.05) is 12.6 Å². The smallest absolute Gasteiger partial charge is 0.281 e. The lowest BCUT2D eigenvalue weighted by molar-refractivity contribution is -0.384. The number of nitrogens with zero attached hydrogens (tertiary/aromatic N) is 2. The van der Waals surface area contributed by atoms with E-state index in [1.165, 1.54) is 24.3 Å². The third-order valence-corrected chi connectivity index (χ3v) is 5.89. The first-order valence-corrected chi connectivity index (χ1v) is 12.3. The minimum absolute atomic E-state index is 0.000541. The third-order valence-electron chi connectivity index (χ3n) is 5.58. The van der Waals surface area contributed by atoms with Crippen molar-refractivity contribution in [1.29, 1.82) is 0 Å². The van der Waals surface area contributed by atoms with E-state index in [9.17, 15) is 19.3 Å². The van der Waals surface area contributed by atoms with E-state index in [-0.39, 0.29) is 38.7 Å². The summed E-state index contributed by atoms with van der Waals surface area (Å²) in [5, 5.41) is 21.3. The highest BCUT2D eigenvalue weighted by molar-refractivity contribution is 6.33. The molecule has 0 aliphatic heterocycles. The number of nitrogens with two attached hydrogens (primary N) is 1. The molecular weight excluding hydrogens is 489 g/mol. The monoisotopic (exact) mass is 519 g/mol. The van der Waals surface area contributed by atoms with Gasteiger partial charge in [-0.05, 0) is 76.6 Å². The molecule has 36 heavy (non-hydrogen) atoms. The zero-order valence-corrected chi connectivity index (χ0v) is 20.7. The van der Waals surface area contributed by atoms with Crippen LogP contribution in [0.1, 0.15) is 25.7 Å².